The lowest BCUT2D eigenvalue weighted by molar-refractivity contribution is 0.0702. The molecule has 2 rings (SSSR count). The van der Waals surface area contributed by atoms with Gasteiger partial charge in [0.25, 0.3) is 5.91 Å². The Kier molecular flexibility index (Phi) is 3.29. The van der Waals surface area contributed by atoms with Crippen molar-refractivity contribution in [3.8, 4) is 10.8 Å². The molecule has 0 fully saturated rings. The van der Waals surface area contributed by atoms with Gasteiger partial charge in [0.1, 0.15) is 10.6 Å². The van der Waals surface area contributed by atoms with E-state index in [1.807, 2.05) is 0 Å². The van der Waals surface area contributed by atoms with E-state index in [1.54, 1.807) is 24.3 Å². The van der Waals surface area contributed by atoms with Crippen molar-refractivity contribution in [3.05, 3.63) is 46.8 Å². The monoisotopic (exact) mass is 263 g/mol. The van der Waals surface area contributed by atoms with E-state index >= 15 is 0 Å². The Morgan fingerprint density at radius 3 is 2.50 bits per heavy atom. The first-order valence-electron chi connectivity index (χ1n) is 4.98. The molecule has 0 radical (unpaired) electrons. The van der Waals surface area contributed by atoms with Crippen LogP contribution in [0.15, 0.2) is 36.4 Å². The topological polar surface area (TPSA) is 89.6 Å². The number of thiophene rings is 1. The number of carboxylic acids is 1. The van der Waals surface area contributed by atoms with E-state index in [2.05, 4.69) is 0 Å². The number of hydrogen-bond acceptors (Lipinski definition) is 4. The number of benzene rings is 1. The number of nitrogens with two attached hydrogens (primary N) is 1. The van der Waals surface area contributed by atoms with E-state index in [1.165, 1.54) is 12.1 Å². The molecule has 1 amide bonds. The summed E-state index contributed by atoms with van der Waals surface area (Å²) in [6.45, 7) is 0. The van der Waals surface area contributed by atoms with Crippen LogP contribution in [0.2, 0.25) is 0 Å². The van der Waals surface area contributed by atoms with Crippen molar-refractivity contribution in [1.82, 2.24) is 0 Å². The molecule has 3 N–H and O–H groups in total. The number of carbonyl (C=O) groups is 2. The van der Waals surface area contributed by atoms with Crippen molar-refractivity contribution < 1.29 is 19.4 Å². The minimum absolute atomic E-state index is 0.168. The molecule has 0 aliphatic heterocycles. The first-order chi connectivity index (χ1) is 8.58. The molecule has 0 bridgehead atoms. The standard InChI is InChI=1S/C12H9NO4S/c13-11(14)7-3-1-2-4-8(7)17-10-6-5-9(18-10)12(15)16/h1-6H,(H2,13,14)(H,15,16). The molecule has 0 spiro atoms. The zero-order valence-corrected chi connectivity index (χ0v) is 9.94. The molecule has 1 aromatic heterocycles. The van der Waals surface area contributed by atoms with Crippen LogP contribution >= 0.6 is 11.3 Å². The number of ether oxygens (including phenoxy) is 1. The molecule has 0 atom stereocenters. The van der Waals surface area contributed by atoms with Crippen LogP contribution in [-0.4, -0.2) is 17.0 Å². The minimum atomic E-state index is -1.02. The van der Waals surface area contributed by atoms with Crippen molar-refractivity contribution >= 4 is 23.2 Å². The third-order valence-electron chi connectivity index (χ3n) is 2.16. The largest absolute Gasteiger partial charge is 0.477 e. The van der Waals surface area contributed by atoms with Gasteiger partial charge in [0, 0.05) is 0 Å². The summed E-state index contributed by atoms with van der Waals surface area (Å²) < 4.78 is 5.46. The van der Waals surface area contributed by atoms with E-state index in [4.69, 9.17) is 15.6 Å². The highest BCUT2D eigenvalue weighted by molar-refractivity contribution is 7.15. The summed E-state index contributed by atoms with van der Waals surface area (Å²) in [6.07, 6.45) is 0. The molecule has 0 aliphatic carbocycles. The number of para-hydroxylation sites is 1. The van der Waals surface area contributed by atoms with Gasteiger partial charge in [-0.2, -0.15) is 0 Å². The summed E-state index contributed by atoms with van der Waals surface area (Å²) in [6, 6.07) is 9.49. The second-order valence-electron chi connectivity index (χ2n) is 3.39. The number of primary amides is 1. The number of amides is 1. The summed E-state index contributed by atoms with van der Waals surface area (Å²) in [4.78, 5) is 22.1. The SMILES string of the molecule is NC(=O)c1ccccc1Oc1ccc(C(=O)O)s1. The van der Waals surface area contributed by atoms with E-state index in [9.17, 15) is 9.59 Å². The third-order valence-corrected chi connectivity index (χ3v) is 3.11. The van der Waals surface area contributed by atoms with Crippen LogP contribution in [0.5, 0.6) is 10.8 Å². The first-order valence-corrected chi connectivity index (χ1v) is 5.79. The highest BCUT2D eigenvalue weighted by Crippen LogP contribution is 2.31. The Morgan fingerprint density at radius 2 is 1.89 bits per heavy atom. The summed E-state index contributed by atoms with van der Waals surface area (Å²) in [5.74, 6) is -1.30. The molecule has 0 unspecified atom stereocenters. The van der Waals surface area contributed by atoms with Gasteiger partial charge >= 0.3 is 5.97 Å². The molecule has 92 valence electrons. The number of aromatic carboxylic acids is 1. The van der Waals surface area contributed by atoms with Crippen LogP contribution < -0.4 is 10.5 Å². The average molecular weight is 263 g/mol. The van der Waals surface area contributed by atoms with Crippen LogP contribution in [0, 0.1) is 0 Å². The zero-order valence-electron chi connectivity index (χ0n) is 9.12. The quantitative estimate of drug-likeness (QED) is 0.885. The fourth-order valence-corrected chi connectivity index (χ4v) is 2.07. The Morgan fingerprint density at radius 1 is 1.17 bits per heavy atom. The molecule has 18 heavy (non-hydrogen) atoms. The molecule has 0 aliphatic rings. The van der Waals surface area contributed by atoms with Gasteiger partial charge < -0.3 is 15.6 Å². The highest BCUT2D eigenvalue weighted by Gasteiger charge is 2.12. The third kappa shape index (κ3) is 2.49. The molecular weight excluding hydrogens is 254 g/mol. The number of hydrogen-bond donors (Lipinski definition) is 2. The van der Waals surface area contributed by atoms with Crippen LogP contribution in [0.4, 0.5) is 0 Å². The Hall–Kier alpha value is -2.34. The second-order valence-corrected chi connectivity index (χ2v) is 4.43. The Bertz CT molecular complexity index is 606. The first kappa shape index (κ1) is 12.1. The summed E-state index contributed by atoms with van der Waals surface area (Å²) in [7, 11) is 0. The Balaban J connectivity index is 2.28. The lowest BCUT2D eigenvalue weighted by Gasteiger charge is -2.06. The maximum atomic E-state index is 11.2. The van der Waals surface area contributed by atoms with Gasteiger partial charge in [-0.1, -0.05) is 23.5 Å². The lowest BCUT2D eigenvalue weighted by atomic mass is 10.2. The van der Waals surface area contributed by atoms with Crippen LogP contribution in [-0.2, 0) is 0 Å². The molecule has 2 aromatic rings. The normalized spacial score (nSPS) is 10.0. The molecular formula is C12H9NO4S. The maximum Gasteiger partial charge on any atom is 0.345 e. The predicted octanol–water partition coefficient (Wildman–Crippen LogP) is 2.34. The molecule has 0 saturated carbocycles. The van der Waals surface area contributed by atoms with E-state index in [0.29, 0.717) is 10.8 Å². The molecule has 6 heteroatoms. The van der Waals surface area contributed by atoms with Gasteiger partial charge in [-0.15, -0.1) is 0 Å². The van der Waals surface area contributed by atoms with E-state index < -0.39 is 11.9 Å². The van der Waals surface area contributed by atoms with Crippen molar-refractivity contribution in [2.45, 2.75) is 0 Å². The van der Waals surface area contributed by atoms with Crippen molar-refractivity contribution in [3.63, 3.8) is 0 Å². The highest BCUT2D eigenvalue weighted by atomic mass is 32.1. The number of carboxylic acid groups (broad SMARTS) is 1. The number of carbonyl (C=O) groups excluding carboxylic acids is 1. The van der Waals surface area contributed by atoms with E-state index in [-0.39, 0.29) is 10.4 Å². The van der Waals surface area contributed by atoms with Crippen molar-refractivity contribution in [2.75, 3.05) is 0 Å². The van der Waals surface area contributed by atoms with E-state index in [0.717, 1.165) is 11.3 Å². The summed E-state index contributed by atoms with van der Waals surface area (Å²) in [5.41, 5.74) is 5.46. The Labute approximate surface area is 106 Å². The van der Waals surface area contributed by atoms with Gasteiger partial charge in [-0.05, 0) is 24.3 Å². The van der Waals surface area contributed by atoms with Crippen molar-refractivity contribution in [2.24, 2.45) is 5.73 Å². The summed E-state index contributed by atoms with van der Waals surface area (Å²) in [5, 5.41) is 9.18. The average Bonchev–Trinajstić information content (AvgIpc) is 2.78. The fraction of sp³-hybridized carbons (Fsp3) is 0. The summed E-state index contributed by atoms with van der Waals surface area (Å²) >= 11 is 0.982. The molecule has 5 nitrogen and oxygen atoms in total. The van der Waals surface area contributed by atoms with Crippen LogP contribution in [0.25, 0.3) is 0 Å². The van der Waals surface area contributed by atoms with Gasteiger partial charge in [0.05, 0.1) is 5.56 Å². The van der Waals surface area contributed by atoms with Gasteiger partial charge in [0.15, 0.2) is 5.06 Å². The zero-order chi connectivity index (χ0) is 13.1. The van der Waals surface area contributed by atoms with Crippen molar-refractivity contribution in [1.29, 1.82) is 0 Å². The van der Waals surface area contributed by atoms with Gasteiger partial charge in [-0.25, -0.2) is 4.79 Å². The van der Waals surface area contributed by atoms with Crippen LogP contribution in [0.1, 0.15) is 20.0 Å². The van der Waals surface area contributed by atoms with Crippen LogP contribution in [0.3, 0.4) is 0 Å². The maximum absolute atomic E-state index is 11.2. The lowest BCUT2D eigenvalue weighted by Crippen LogP contribution is -2.11. The second kappa shape index (κ2) is 4.89. The fourth-order valence-electron chi connectivity index (χ4n) is 1.36. The molecule has 1 heterocycles. The predicted molar refractivity (Wildman–Crippen MR) is 66.3 cm³/mol. The minimum Gasteiger partial charge on any atom is -0.477 e. The molecule has 1 aromatic carbocycles. The number of rotatable bonds is 4. The van der Waals surface area contributed by atoms with Gasteiger partial charge in [0.2, 0.25) is 0 Å². The smallest absolute Gasteiger partial charge is 0.345 e. The van der Waals surface area contributed by atoms with Gasteiger partial charge in [-0.3, -0.25) is 4.79 Å². The molecule has 0 saturated heterocycles.